The van der Waals surface area contributed by atoms with E-state index in [2.05, 4.69) is 22.8 Å². The van der Waals surface area contributed by atoms with Gasteiger partial charge < -0.3 is 10.6 Å². The van der Waals surface area contributed by atoms with E-state index in [1.807, 2.05) is 12.1 Å². The average Bonchev–Trinajstić information content (AvgIpc) is 3.19. The molecule has 1 saturated heterocycles. The molecule has 0 aromatic heterocycles. The Kier molecular flexibility index (Phi) is 6.54. The first-order valence-corrected chi connectivity index (χ1v) is 8.38. The van der Waals surface area contributed by atoms with E-state index in [0.29, 0.717) is 5.92 Å². The number of halogens is 2. The molecule has 2 fully saturated rings. The van der Waals surface area contributed by atoms with Crippen LogP contribution in [0, 0.1) is 11.8 Å². The molecule has 2 atom stereocenters. The fourth-order valence-electron chi connectivity index (χ4n) is 3.58. The Labute approximate surface area is 143 Å². The fraction of sp³-hybridized carbons (Fsp3) is 0.588. The van der Waals surface area contributed by atoms with E-state index in [-0.39, 0.29) is 30.3 Å². The van der Waals surface area contributed by atoms with Crippen LogP contribution in [0.1, 0.15) is 43.7 Å². The summed E-state index contributed by atoms with van der Waals surface area (Å²) in [6.45, 7) is 1.76. The predicted octanol–water partition coefficient (Wildman–Crippen LogP) is 3.72. The predicted molar refractivity (Wildman–Crippen MR) is 92.5 cm³/mol. The fourth-order valence-corrected chi connectivity index (χ4v) is 3.71. The van der Waals surface area contributed by atoms with Crippen LogP contribution >= 0.6 is 24.0 Å². The van der Waals surface area contributed by atoms with Gasteiger partial charge in [-0.1, -0.05) is 36.6 Å². The van der Waals surface area contributed by atoms with Gasteiger partial charge in [-0.25, -0.2) is 0 Å². The zero-order valence-corrected chi connectivity index (χ0v) is 14.3. The lowest BCUT2D eigenvalue weighted by Crippen LogP contribution is -2.37. The molecule has 0 radical (unpaired) electrons. The summed E-state index contributed by atoms with van der Waals surface area (Å²) in [5, 5.41) is 7.33. The van der Waals surface area contributed by atoms with E-state index in [9.17, 15) is 4.79 Å². The molecule has 2 aliphatic rings. The first-order valence-electron chi connectivity index (χ1n) is 8.00. The largest absolute Gasteiger partial charge is 0.349 e. The van der Waals surface area contributed by atoms with Crippen LogP contribution in [0.15, 0.2) is 24.3 Å². The van der Waals surface area contributed by atoms with Gasteiger partial charge >= 0.3 is 0 Å². The lowest BCUT2D eigenvalue weighted by atomic mass is 9.91. The van der Waals surface area contributed by atoms with Crippen molar-refractivity contribution in [2.45, 2.75) is 38.1 Å². The number of carbonyl (C=O) groups is 1. The van der Waals surface area contributed by atoms with Crippen molar-refractivity contribution in [3.8, 4) is 0 Å². The third kappa shape index (κ3) is 4.15. The maximum Gasteiger partial charge on any atom is 0.224 e. The second-order valence-electron chi connectivity index (χ2n) is 6.27. The summed E-state index contributed by atoms with van der Waals surface area (Å²) in [5.74, 6) is 0.887. The van der Waals surface area contributed by atoms with Gasteiger partial charge in [0.05, 0.1) is 12.0 Å². The van der Waals surface area contributed by atoms with Crippen LogP contribution < -0.4 is 10.6 Å². The van der Waals surface area contributed by atoms with Gasteiger partial charge in [0.25, 0.3) is 0 Å². The summed E-state index contributed by atoms with van der Waals surface area (Å²) in [6, 6.07) is 8.08. The number of carbonyl (C=O) groups excluding carboxylic acids is 1. The molecule has 1 aliphatic carbocycles. The van der Waals surface area contributed by atoms with Crippen molar-refractivity contribution in [1.29, 1.82) is 0 Å². The van der Waals surface area contributed by atoms with Crippen LogP contribution in [0.5, 0.6) is 0 Å². The highest BCUT2D eigenvalue weighted by Crippen LogP contribution is 2.36. The van der Waals surface area contributed by atoms with Crippen LogP contribution in [-0.4, -0.2) is 19.0 Å². The Hall–Kier alpha value is -0.770. The summed E-state index contributed by atoms with van der Waals surface area (Å²) in [5.41, 5.74) is 1.19. The van der Waals surface area contributed by atoms with Crippen LogP contribution in [0.2, 0.25) is 5.02 Å². The average molecular weight is 343 g/mol. The van der Waals surface area contributed by atoms with Crippen molar-refractivity contribution in [1.82, 2.24) is 10.6 Å². The van der Waals surface area contributed by atoms with E-state index >= 15 is 0 Å². The first kappa shape index (κ1) is 17.6. The second-order valence-corrected chi connectivity index (χ2v) is 6.71. The maximum absolute atomic E-state index is 12.5. The first-order chi connectivity index (χ1) is 10.2. The summed E-state index contributed by atoms with van der Waals surface area (Å²) in [7, 11) is 0. The van der Waals surface area contributed by atoms with E-state index in [1.165, 1.54) is 31.2 Å². The zero-order valence-electron chi connectivity index (χ0n) is 12.7. The highest BCUT2D eigenvalue weighted by Gasteiger charge is 2.30. The Balaban J connectivity index is 0.00000176. The van der Waals surface area contributed by atoms with Gasteiger partial charge in [0, 0.05) is 11.6 Å². The van der Waals surface area contributed by atoms with Crippen molar-refractivity contribution in [2.24, 2.45) is 11.8 Å². The van der Waals surface area contributed by atoms with Crippen molar-refractivity contribution < 1.29 is 4.79 Å². The van der Waals surface area contributed by atoms with Crippen LogP contribution in [-0.2, 0) is 4.79 Å². The number of nitrogens with one attached hydrogen (secondary N) is 2. The Morgan fingerprint density at radius 1 is 1.18 bits per heavy atom. The molecule has 1 aliphatic heterocycles. The second kappa shape index (κ2) is 8.19. The molecular formula is C17H24Cl2N2O. The third-order valence-electron chi connectivity index (χ3n) is 4.83. The molecule has 3 nitrogen and oxygen atoms in total. The summed E-state index contributed by atoms with van der Waals surface area (Å²) < 4.78 is 0. The molecule has 0 spiro atoms. The maximum atomic E-state index is 12.5. The normalized spacial score (nSPS) is 23.0. The van der Waals surface area contributed by atoms with Crippen LogP contribution in [0.25, 0.3) is 0 Å². The van der Waals surface area contributed by atoms with Crippen molar-refractivity contribution in [2.75, 3.05) is 13.1 Å². The molecule has 1 heterocycles. The summed E-state index contributed by atoms with van der Waals surface area (Å²) in [4.78, 5) is 12.5. The number of amides is 1. The van der Waals surface area contributed by atoms with Gasteiger partial charge in [-0.2, -0.15) is 0 Å². The quantitative estimate of drug-likeness (QED) is 0.875. The molecule has 1 saturated carbocycles. The molecule has 22 heavy (non-hydrogen) atoms. The molecular weight excluding hydrogens is 319 g/mol. The van der Waals surface area contributed by atoms with Crippen molar-refractivity contribution in [3.63, 3.8) is 0 Å². The molecule has 5 heteroatoms. The standard InChI is InChI=1S/C17H23ClN2O.ClH/c18-15-7-5-13(6-8-15)16(12-3-1-2-4-12)20-17(21)14-9-10-19-11-14;/h5-8,12,14,16,19H,1-4,9-11H2,(H,20,21);1H. The summed E-state index contributed by atoms with van der Waals surface area (Å²) >= 11 is 5.99. The lowest BCUT2D eigenvalue weighted by molar-refractivity contribution is -0.125. The lowest BCUT2D eigenvalue weighted by Gasteiger charge is -2.26. The molecule has 1 aromatic rings. The zero-order chi connectivity index (χ0) is 14.7. The number of rotatable bonds is 4. The minimum atomic E-state index is 0. The Morgan fingerprint density at radius 3 is 2.45 bits per heavy atom. The molecule has 0 bridgehead atoms. The van der Waals surface area contributed by atoms with Crippen LogP contribution in [0.3, 0.4) is 0 Å². The number of hydrogen-bond donors (Lipinski definition) is 2. The van der Waals surface area contributed by atoms with Crippen molar-refractivity contribution in [3.05, 3.63) is 34.9 Å². The van der Waals surface area contributed by atoms with E-state index in [4.69, 9.17) is 11.6 Å². The van der Waals surface area contributed by atoms with Gasteiger partial charge in [-0.15, -0.1) is 12.4 Å². The third-order valence-corrected chi connectivity index (χ3v) is 5.08. The molecule has 2 unspecified atom stereocenters. The Bertz CT molecular complexity index is 480. The van der Waals surface area contributed by atoms with Gasteiger partial charge in [0.2, 0.25) is 5.91 Å². The summed E-state index contributed by atoms with van der Waals surface area (Å²) in [6.07, 6.45) is 5.90. The highest BCUT2D eigenvalue weighted by molar-refractivity contribution is 6.30. The van der Waals surface area contributed by atoms with E-state index < -0.39 is 0 Å². The Morgan fingerprint density at radius 2 is 1.86 bits per heavy atom. The molecule has 1 aromatic carbocycles. The van der Waals surface area contributed by atoms with Gasteiger partial charge in [-0.05, 0) is 49.4 Å². The van der Waals surface area contributed by atoms with Gasteiger partial charge in [0.15, 0.2) is 0 Å². The monoisotopic (exact) mass is 342 g/mol. The van der Waals surface area contributed by atoms with Gasteiger partial charge in [0.1, 0.15) is 0 Å². The van der Waals surface area contributed by atoms with Crippen LogP contribution in [0.4, 0.5) is 0 Å². The van der Waals surface area contributed by atoms with E-state index in [1.54, 1.807) is 0 Å². The minimum Gasteiger partial charge on any atom is -0.349 e. The van der Waals surface area contributed by atoms with Crippen molar-refractivity contribution >= 4 is 29.9 Å². The molecule has 122 valence electrons. The van der Waals surface area contributed by atoms with E-state index in [0.717, 1.165) is 24.5 Å². The minimum absolute atomic E-state index is 0. The molecule has 3 rings (SSSR count). The molecule has 1 amide bonds. The number of benzene rings is 1. The smallest absolute Gasteiger partial charge is 0.224 e. The highest BCUT2D eigenvalue weighted by atomic mass is 35.5. The SMILES string of the molecule is Cl.O=C(NC(c1ccc(Cl)cc1)C1CCCC1)C1CCNC1. The molecule has 2 N–H and O–H groups in total. The van der Waals surface area contributed by atoms with Gasteiger partial charge in [-0.3, -0.25) is 4.79 Å². The number of hydrogen-bond acceptors (Lipinski definition) is 2. The topological polar surface area (TPSA) is 41.1 Å².